The summed E-state index contributed by atoms with van der Waals surface area (Å²) in [6.45, 7) is 8.01. The summed E-state index contributed by atoms with van der Waals surface area (Å²) < 4.78 is 5.61. The van der Waals surface area contributed by atoms with Gasteiger partial charge in [-0.1, -0.05) is 67.7 Å². The number of ether oxygens (including phenoxy) is 1. The van der Waals surface area contributed by atoms with Crippen molar-refractivity contribution in [1.29, 1.82) is 0 Å². The standard InChI is InChI=1S/C44H62N4O7/c1-3-34-19-22-44(34,42(52)53)47-40(50)37-14-10-25-48(37)41(51)39(33-20-23-45-24-21-33)46-43(54)55-26-9-5-6-11-30-16-18-32-17-15-29(2)35(28-38(49)36(32)27-30)31-12-7-4-8-13-31/h3-4,7-8,12-13,28,30,32-34,36-37,39,45,49H,1,5-6,9-11,14-27H2,2H3,(H,46,54)(H,47,50)(H,52,53)/b35-29-,38-28+/t30?,32?,34-,36?,37+,39?,44-/m1/s1. The average molecular weight is 759 g/mol. The van der Waals surface area contributed by atoms with E-state index in [1.54, 1.807) is 6.08 Å². The van der Waals surface area contributed by atoms with Crippen molar-refractivity contribution in [2.75, 3.05) is 26.2 Å². The van der Waals surface area contributed by atoms with Gasteiger partial charge in [0.1, 0.15) is 17.6 Å². The monoisotopic (exact) mass is 758 g/mol. The molecule has 3 aliphatic carbocycles. The van der Waals surface area contributed by atoms with Crippen molar-refractivity contribution in [2.24, 2.45) is 29.6 Å². The Balaban J connectivity index is 0.967. The Bertz CT molecular complexity index is 1600. The van der Waals surface area contributed by atoms with Crippen LogP contribution < -0.4 is 16.0 Å². The number of carboxylic acid groups (broad SMARTS) is 1. The van der Waals surface area contributed by atoms with Crippen molar-refractivity contribution in [1.82, 2.24) is 20.9 Å². The van der Waals surface area contributed by atoms with E-state index in [2.05, 4.69) is 41.6 Å². The van der Waals surface area contributed by atoms with Gasteiger partial charge in [0.15, 0.2) is 0 Å². The number of likely N-dealkylation sites (tertiary alicyclic amines) is 1. The highest BCUT2D eigenvalue weighted by atomic mass is 16.5. The number of carbonyl (C=O) groups excluding carboxylic acids is 3. The van der Waals surface area contributed by atoms with Crippen LogP contribution in [0.15, 0.2) is 60.4 Å². The molecule has 55 heavy (non-hydrogen) atoms. The predicted molar refractivity (Wildman–Crippen MR) is 212 cm³/mol. The van der Waals surface area contributed by atoms with Gasteiger partial charge in [0.2, 0.25) is 11.8 Å². The van der Waals surface area contributed by atoms with E-state index in [0.29, 0.717) is 62.7 Å². The summed E-state index contributed by atoms with van der Waals surface area (Å²) in [6.07, 6.45) is 15.6. The topological polar surface area (TPSA) is 157 Å². The van der Waals surface area contributed by atoms with Gasteiger partial charge in [0, 0.05) is 18.4 Å². The number of aliphatic hydroxyl groups is 1. The van der Waals surface area contributed by atoms with Crippen LogP contribution in [0.3, 0.4) is 0 Å². The molecule has 11 heteroatoms. The summed E-state index contributed by atoms with van der Waals surface area (Å²) in [7, 11) is 0. The van der Waals surface area contributed by atoms with Gasteiger partial charge in [-0.3, -0.25) is 9.59 Å². The van der Waals surface area contributed by atoms with Gasteiger partial charge in [-0.25, -0.2) is 9.59 Å². The molecule has 0 bridgehead atoms. The third-order valence-electron chi connectivity index (χ3n) is 13.4. The molecule has 6 rings (SSSR count). The smallest absolute Gasteiger partial charge is 0.407 e. The third kappa shape index (κ3) is 9.47. The minimum atomic E-state index is -1.40. The van der Waals surface area contributed by atoms with Crippen LogP contribution in [0.25, 0.3) is 5.57 Å². The molecule has 4 fully saturated rings. The molecular formula is C44H62N4O7. The summed E-state index contributed by atoms with van der Waals surface area (Å²) in [5, 5.41) is 30.3. The largest absolute Gasteiger partial charge is 0.512 e. The van der Waals surface area contributed by atoms with E-state index < -0.39 is 35.6 Å². The number of alkyl carbamates (subject to hydrolysis) is 1. The summed E-state index contributed by atoms with van der Waals surface area (Å²) in [6, 6.07) is 8.72. The normalized spacial score (nSPS) is 31.3. The van der Waals surface area contributed by atoms with Gasteiger partial charge >= 0.3 is 12.1 Å². The van der Waals surface area contributed by atoms with Crippen LogP contribution in [0.2, 0.25) is 0 Å². The molecule has 1 aromatic rings. The number of amides is 3. The molecule has 2 saturated heterocycles. The summed E-state index contributed by atoms with van der Waals surface area (Å²) in [5.74, 6) is -0.555. The second-order valence-corrected chi connectivity index (χ2v) is 16.7. The molecular weight excluding hydrogens is 697 g/mol. The van der Waals surface area contributed by atoms with E-state index >= 15 is 0 Å². The second kappa shape index (κ2) is 18.7. The molecule has 0 radical (unpaired) electrons. The maximum atomic E-state index is 14.1. The number of aliphatic carboxylic acids is 1. The first-order valence-corrected chi connectivity index (χ1v) is 20.9. The van der Waals surface area contributed by atoms with Crippen LogP contribution in [0.4, 0.5) is 4.79 Å². The quantitative estimate of drug-likeness (QED) is 0.101. The number of piperidine rings is 1. The van der Waals surface area contributed by atoms with Crippen LogP contribution in [0.5, 0.6) is 0 Å². The average Bonchev–Trinajstić information content (AvgIpc) is 3.68. The fourth-order valence-corrected chi connectivity index (χ4v) is 9.93. The number of nitrogens with one attached hydrogen (secondary N) is 3. The number of fused-ring (bicyclic) bond motifs is 1. The minimum Gasteiger partial charge on any atom is -0.512 e. The molecule has 1 aromatic carbocycles. The molecule has 2 heterocycles. The lowest BCUT2D eigenvalue weighted by Gasteiger charge is -2.46. The zero-order valence-corrected chi connectivity index (χ0v) is 32.6. The van der Waals surface area contributed by atoms with E-state index in [0.717, 1.165) is 75.6 Å². The van der Waals surface area contributed by atoms with E-state index in [4.69, 9.17) is 4.74 Å². The van der Waals surface area contributed by atoms with Gasteiger partial charge in [0.25, 0.3) is 0 Å². The van der Waals surface area contributed by atoms with E-state index in [-0.39, 0.29) is 30.3 Å². The highest BCUT2D eigenvalue weighted by Crippen LogP contribution is 2.45. The Morgan fingerprint density at radius 3 is 2.53 bits per heavy atom. The van der Waals surface area contributed by atoms with Crippen molar-refractivity contribution in [2.45, 2.75) is 121 Å². The molecule has 3 amide bonds. The molecule has 0 spiro atoms. The van der Waals surface area contributed by atoms with Crippen molar-refractivity contribution in [3.8, 4) is 0 Å². The Morgan fingerprint density at radius 2 is 1.82 bits per heavy atom. The third-order valence-corrected chi connectivity index (χ3v) is 13.4. The van der Waals surface area contributed by atoms with Crippen molar-refractivity contribution in [3.05, 3.63) is 66.0 Å². The molecule has 7 atom stereocenters. The number of benzene rings is 1. The Morgan fingerprint density at radius 1 is 1.04 bits per heavy atom. The number of nitrogens with zero attached hydrogens (tertiary/aromatic N) is 1. The van der Waals surface area contributed by atoms with E-state index in [1.807, 2.05) is 24.3 Å². The van der Waals surface area contributed by atoms with Gasteiger partial charge in [0.05, 0.1) is 12.4 Å². The first-order chi connectivity index (χ1) is 26.6. The SMILES string of the molecule is C=C[C@@H]1CC[C@]1(NC(=O)[C@@H]1CCCN1C(=O)C(NC(=O)OCCCCCC1CCC2CC/C(C)=C(c3ccccc3)/C=C(/O)C2C1)C1CCNCC1)C(=O)O. The first kappa shape index (κ1) is 40.5. The lowest BCUT2D eigenvalue weighted by molar-refractivity contribution is -0.156. The van der Waals surface area contributed by atoms with Gasteiger partial charge in [-0.05, 0) is 126 Å². The molecule has 5 N–H and O–H groups in total. The number of hydrogen-bond acceptors (Lipinski definition) is 7. The highest BCUT2D eigenvalue weighted by Gasteiger charge is 2.54. The van der Waals surface area contributed by atoms with Crippen LogP contribution in [-0.2, 0) is 19.1 Å². The maximum absolute atomic E-state index is 14.1. The van der Waals surface area contributed by atoms with Gasteiger partial charge in [-0.15, -0.1) is 6.58 Å². The van der Waals surface area contributed by atoms with Crippen molar-refractivity contribution < 1.29 is 34.1 Å². The molecule has 300 valence electrons. The molecule has 2 saturated carbocycles. The van der Waals surface area contributed by atoms with Crippen LogP contribution in [-0.4, -0.2) is 82.9 Å². The number of aliphatic hydroxyl groups excluding tert-OH is 1. The van der Waals surface area contributed by atoms with Crippen LogP contribution in [0.1, 0.15) is 109 Å². The molecule has 11 nitrogen and oxygen atoms in total. The molecule has 4 unspecified atom stereocenters. The Labute approximate surface area is 326 Å². The van der Waals surface area contributed by atoms with Gasteiger partial charge in [-0.2, -0.15) is 0 Å². The second-order valence-electron chi connectivity index (χ2n) is 16.7. The van der Waals surface area contributed by atoms with E-state index in [9.17, 15) is 29.4 Å². The lowest BCUT2D eigenvalue weighted by atomic mass is 9.66. The zero-order valence-electron chi connectivity index (χ0n) is 32.6. The predicted octanol–water partition coefficient (Wildman–Crippen LogP) is 6.91. The summed E-state index contributed by atoms with van der Waals surface area (Å²) in [5.41, 5.74) is 2.25. The Hall–Kier alpha value is -4.12. The van der Waals surface area contributed by atoms with Crippen molar-refractivity contribution in [3.63, 3.8) is 0 Å². The fraction of sp³-hybridized carbons (Fsp3) is 0.636. The summed E-state index contributed by atoms with van der Waals surface area (Å²) in [4.78, 5) is 54.5. The van der Waals surface area contributed by atoms with Crippen LogP contribution in [0, 0.1) is 29.6 Å². The molecule has 2 aliphatic heterocycles. The lowest BCUT2D eigenvalue weighted by Crippen LogP contribution is -2.67. The number of hydrogen-bond donors (Lipinski definition) is 5. The van der Waals surface area contributed by atoms with E-state index in [1.165, 1.54) is 16.9 Å². The number of carbonyl (C=O) groups is 4. The zero-order chi connectivity index (χ0) is 39.0. The summed E-state index contributed by atoms with van der Waals surface area (Å²) >= 11 is 0. The van der Waals surface area contributed by atoms with Crippen LogP contribution >= 0.6 is 0 Å². The number of unbranched alkanes of at least 4 members (excludes halogenated alkanes) is 2. The number of allylic oxidation sites excluding steroid dienone is 4. The minimum absolute atomic E-state index is 0.111. The van der Waals surface area contributed by atoms with Crippen molar-refractivity contribution >= 4 is 29.5 Å². The fourth-order valence-electron chi connectivity index (χ4n) is 9.93. The first-order valence-electron chi connectivity index (χ1n) is 20.9. The molecule has 5 aliphatic rings. The molecule has 0 aromatic heterocycles. The Kier molecular flexibility index (Phi) is 13.8. The number of rotatable bonds is 14. The van der Waals surface area contributed by atoms with Gasteiger partial charge < -0.3 is 35.8 Å². The number of carboxylic acids is 1. The maximum Gasteiger partial charge on any atom is 0.407 e. The highest BCUT2D eigenvalue weighted by molar-refractivity contribution is 5.95.